The van der Waals surface area contributed by atoms with Gasteiger partial charge in [0.2, 0.25) is 5.91 Å². The fraction of sp³-hybridized carbons (Fsp3) is 0.316. The lowest BCUT2D eigenvalue weighted by Crippen LogP contribution is -2.16. The molecule has 5 heteroatoms. The van der Waals surface area contributed by atoms with Crippen LogP contribution in [0.3, 0.4) is 0 Å². The predicted molar refractivity (Wildman–Crippen MR) is 94.1 cm³/mol. The lowest BCUT2D eigenvalue weighted by Gasteiger charge is -2.15. The first-order valence-electron chi connectivity index (χ1n) is 7.80. The number of hydrogen-bond donors (Lipinski definition) is 1. The van der Waals surface area contributed by atoms with Gasteiger partial charge >= 0.3 is 0 Å². The molecule has 0 bridgehead atoms. The fourth-order valence-corrected chi connectivity index (χ4v) is 2.29. The molecule has 128 valence electrons. The summed E-state index contributed by atoms with van der Waals surface area (Å²) in [7, 11) is 3.16. The first-order chi connectivity index (χ1) is 11.5. The summed E-state index contributed by atoms with van der Waals surface area (Å²) in [6.45, 7) is 3.89. The number of carbonyl (C=O) groups excluding carboxylic acids is 1. The zero-order valence-electron chi connectivity index (χ0n) is 14.5. The summed E-state index contributed by atoms with van der Waals surface area (Å²) in [5.74, 6) is 1.82. The van der Waals surface area contributed by atoms with Crippen LogP contribution in [-0.2, 0) is 11.2 Å². The van der Waals surface area contributed by atoms with Gasteiger partial charge in [0.25, 0.3) is 0 Å². The molecule has 0 aliphatic rings. The van der Waals surface area contributed by atoms with Crippen molar-refractivity contribution in [2.24, 2.45) is 0 Å². The quantitative estimate of drug-likeness (QED) is 0.842. The van der Waals surface area contributed by atoms with E-state index in [1.807, 2.05) is 44.2 Å². The van der Waals surface area contributed by atoms with Crippen LogP contribution in [0.5, 0.6) is 17.2 Å². The molecule has 0 heterocycles. The maximum atomic E-state index is 12.4. The minimum atomic E-state index is -0.140. The highest BCUT2D eigenvalue weighted by atomic mass is 16.5. The Morgan fingerprint density at radius 3 is 2.46 bits per heavy atom. The zero-order chi connectivity index (χ0) is 17.5. The third-order valence-electron chi connectivity index (χ3n) is 3.37. The average Bonchev–Trinajstić information content (AvgIpc) is 2.56. The maximum absolute atomic E-state index is 12.4. The number of rotatable bonds is 7. The van der Waals surface area contributed by atoms with Crippen molar-refractivity contribution >= 4 is 11.6 Å². The first-order valence-corrected chi connectivity index (χ1v) is 7.80. The highest BCUT2D eigenvalue weighted by Crippen LogP contribution is 2.27. The maximum Gasteiger partial charge on any atom is 0.229 e. The molecule has 0 aliphatic carbocycles. The summed E-state index contributed by atoms with van der Waals surface area (Å²) < 4.78 is 16.2. The number of anilines is 1. The van der Waals surface area contributed by atoms with Crippen molar-refractivity contribution in [3.8, 4) is 17.2 Å². The third-order valence-corrected chi connectivity index (χ3v) is 3.37. The summed E-state index contributed by atoms with van der Waals surface area (Å²) in [6, 6.07) is 12.8. The van der Waals surface area contributed by atoms with E-state index in [0.29, 0.717) is 22.9 Å². The van der Waals surface area contributed by atoms with Gasteiger partial charge in [-0.25, -0.2) is 0 Å². The molecule has 0 spiro atoms. The largest absolute Gasteiger partial charge is 0.497 e. The van der Waals surface area contributed by atoms with Crippen LogP contribution in [0, 0.1) is 0 Å². The molecule has 0 atom stereocenters. The number of benzene rings is 2. The zero-order valence-corrected chi connectivity index (χ0v) is 14.5. The third kappa shape index (κ3) is 4.65. The summed E-state index contributed by atoms with van der Waals surface area (Å²) in [5.41, 5.74) is 1.45. The lowest BCUT2D eigenvalue weighted by atomic mass is 10.1. The predicted octanol–water partition coefficient (Wildman–Crippen LogP) is 3.67. The van der Waals surface area contributed by atoms with Crippen molar-refractivity contribution in [1.29, 1.82) is 0 Å². The Bertz CT molecular complexity index is 698. The highest BCUT2D eigenvalue weighted by Gasteiger charge is 2.12. The van der Waals surface area contributed by atoms with Crippen LogP contribution < -0.4 is 19.5 Å². The minimum absolute atomic E-state index is 0.0322. The van der Waals surface area contributed by atoms with Crippen molar-refractivity contribution in [3.63, 3.8) is 0 Å². The van der Waals surface area contributed by atoms with Crippen molar-refractivity contribution in [3.05, 3.63) is 48.0 Å². The fourth-order valence-electron chi connectivity index (χ4n) is 2.29. The molecular formula is C19H23NO4. The molecule has 0 radical (unpaired) electrons. The Hall–Kier alpha value is -2.69. The van der Waals surface area contributed by atoms with Gasteiger partial charge in [-0.05, 0) is 32.0 Å². The van der Waals surface area contributed by atoms with Crippen LogP contribution in [0.4, 0.5) is 5.69 Å². The summed E-state index contributed by atoms with van der Waals surface area (Å²) in [4.78, 5) is 12.4. The van der Waals surface area contributed by atoms with Gasteiger partial charge in [-0.15, -0.1) is 0 Å². The number of amides is 1. The second-order valence-electron chi connectivity index (χ2n) is 5.57. The van der Waals surface area contributed by atoms with Crippen LogP contribution in [0.15, 0.2) is 42.5 Å². The highest BCUT2D eigenvalue weighted by molar-refractivity contribution is 5.94. The summed E-state index contributed by atoms with van der Waals surface area (Å²) >= 11 is 0. The van der Waals surface area contributed by atoms with Crippen LogP contribution >= 0.6 is 0 Å². The van der Waals surface area contributed by atoms with Gasteiger partial charge in [-0.1, -0.05) is 18.2 Å². The summed E-state index contributed by atoms with van der Waals surface area (Å²) in [5, 5.41) is 2.89. The second-order valence-corrected chi connectivity index (χ2v) is 5.57. The Balaban J connectivity index is 2.12. The van der Waals surface area contributed by atoms with Crippen LogP contribution in [0.1, 0.15) is 19.4 Å². The molecule has 24 heavy (non-hydrogen) atoms. The standard InChI is InChI=1S/C19H23NO4/c1-13(2)24-17-8-6-5-7-16(17)20-19(21)11-14-9-10-15(22-3)12-18(14)23-4/h5-10,12-13H,11H2,1-4H3,(H,20,21). The number of ether oxygens (including phenoxy) is 3. The van der Waals surface area contributed by atoms with E-state index in [2.05, 4.69) is 5.32 Å². The van der Waals surface area contributed by atoms with Crippen LogP contribution in [0.25, 0.3) is 0 Å². The van der Waals surface area contributed by atoms with E-state index in [4.69, 9.17) is 14.2 Å². The van der Waals surface area contributed by atoms with Gasteiger partial charge in [0.1, 0.15) is 17.2 Å². The molecule has 0 unspecified atom stereocenters. The number of para-hydroxylation sites is 2. The van der Waals surface area contributed by atoms with E-state index in [-0.39, 0.29) is 18.4 Å². The number of hydrogen-bond acceptors (Lipinski definition) is 4. The van der Waals surface area contributed by atoms with Crippen molar-refractivity contribution < 1.29 is 19.0 Å². The number of nitrogens with one attached hydrogen (secondary N) is 1. The van der Waals surface area contributed by atoms with Crippen LogP contribution in [0.2, 0.25) is 0 Å². The minimum Gasteiger partial charge on any atom is -0.497 e. The van der Waals surface area contributed by atoms with Gasteiger partial charge < -0.3 is 19.5 Å². The molecule has 0 fully saturated rings. The van der Waals surface area contributed by atoms with Gasteiger partial charge in [-0.3, -0.25) is 4.79 Å². The molecule has 2 rings (SSSR count). The molecule has 5 nitrogen and oxygen atoms in total. The molecule has 0 saturated carbocycles. The van der Waals surface area contributed by atoms with Gasteiger partial charge in [0.05, 0.1) is 32.4 Å². The van der Waals surface area contributed by atoms with E-state index in [1.54, 1.807) is 26.4 Å². The number of methoxy groups -OCH3 is 2. The molecular weight excluding hydrogens is 306 g/mol. The smallest absolute Gasteiger partial charge is 0.229 e. The average molecular weight is 329 g/mol. The normalized spacial score (nSPS) is 10.4. The van der Waals surface area contributed by atoms with Crippen molar-refractivity contribution in [1.82, 2.24) is 0 Å². The monoisotopic (exact) mass is 329 g/mol. The van der Waals surface area contributed by atoms with Gasteiger partial charge in [0, 0.05) is 11.6 Å². The van der Waals surface area contributed by atoms with E-state index < -0.39 is 0 Å². The Morgan fingerprint density at radius 2 is 1.79 bits per heavy atom. The van der Waals surface area contributed by atoms with Crippen molar-refractivity contribution in [2.75, 3.05) is 19.5 Å². The molecule has 1 amide bonds. The van der Waals surface area contributed by atoms with Crippen LogP contribution in [-0.4, -0.2) is 26.2 Å². The van der Waals surface area contributed by atoms with Crippen molar-refractivity contribution in [2.45, 2.75) is 26.4 Å². The second kappa shape index (κ2) is 8.24. The summed E-state index contributed by atoms with van der Waals surface area (Å²) in [6.07, 6.45) is 0.230. The number of carbonyl (C=O) groups is 1. The topological polar surface area (TPSA) is 56.8 Å². The van der Waals surface area contributed by atoms with Gasteiger partial charge in [0.15, 0.2) is 0 Å². The van der Waals surface area contributed by atoms with E-state index in [9.17, 15) is 4.79 Å². The molecule has 0 saturated heterocycles. The Morgan fingerprint density at radius 1 is 1.04 bits per heavy atom. The van der Waals surface area contributed by atoms with E-state index in [1.165, 1.54) is 0 Å². The Kier molecular flexibility index (Phi) is 6.07. The SMILES string of the molecule is COc1ccc(CC(=O)Nc2ccccc2OC(C)C)c(OC)c1. The molecule has 2 aromatic rings. The Labute approximate surface area is 142 Å². The van der Waals surface area contributed by atoms with E-state index in [0.717, 1.165) is 5.56 Å². The van der Waals surface area contributed by atoms with E-state index >= 15 is 0 Å². The van der Waals surface area contributed by atoms with Gasteiger partial charge in [-0.2, -0.15) is 0 Å². The first kappa shape index (κ1) is 17.7. The molecule has 0 aliphatic heterocycles. The molecule has 1 N–H and O–H groups in total. The molecule has 2 aromatic carbocycles. The molecule has 0 aromatic heterocycles. The lowest BCUT2D eigenvalue weighted by molar-refractivity contribution is -0.115.